The highest BCUT2D eigenvalue weighted by atomic mass is 19.4. The standard InChI is InChI=1S/C14H18F3N/c15-14(16,17)9-10-18-13-8-4-2-6-11-5-1-3-7-12(11)13/h1,3,5,7,13,18H,2,4,6,8-10H2. The van der Waals surface area contributed by atoms with Crippen LogP contribution in [0.5, 0.6) is 0 Å². The van der Waals surface area contributed by atoms with Crippen LogP contribution in [-0.4, -0.2) is 12.7 Å². The van der Waals surface area contributed by atoms with E-state index in [-0.39, 0.29) is 12.6 Å². The summed E-state index contributed by atoms with van der Waals surface area (Å²) in [6.45, 7) is 0.00248. The molecule has 1 atom stereocenters. The van der Waals surface area contributed by atoms with Crippen LogP contribution in [0, 0.1) is 0 Å². The molecule has 0 saturated heterocycles. The molecule has 1 aliphatic carbocycles. The van der Waals surface area contributed by atoms with E-state index in [4.69, 9.17) is 0 Å². The molecule has 4 heteroatoms. The van der Waals surface area contributed by atoms with Gasteiger partial charge in [-0.15, -0.1) is 0 Å². The number of fused-ring (bicyclic) bond motifs is 1. The topological polar surface area (TPSA) is 12.0 Å². The lowest BCUT2D eigenvalue weighted by molar-refractivity contribution is -0.133. The molecule has 1 nitrogen and oxygen atoms in total. The van der Waals surface area contributed by atoms with Crippen molar-refractivity contribution < 1.29 is 13.2 Å². The molecular formula is C14H18F3N. The molecule has 18 heavy (non-hydrogen) atoms. The quantitative estimate of drug-likeness (QED) is 0.807. The first kappa shape index (κ1) is 13.4. The van der Waals surface area contributed by atoms with Crippen LogP contribution in [0.3, 0.4) is 0 Å². The molecule has 0 fully saturated rings. The highest BCUT2D eigenvalue weighted by molar-refractivity contribution is 5.31. The zero-order valence-corrected chi connectivity index (χ0v) is 10.3. The average Bonchev–Trinajstić information content (AvgIpc) is 2.51. The molecule has 0 spiro atoms. The lowest BCUT2D eigenvalue weighted by Gasteiger charge is -2.19. The Hall–Kier alpha value is -1.03. The third kappa shape index (κ3) is 3.73. The second-order valence-electron chi connectivity index (χ2n) is 4.82. The minimum atomic E-state index is -4.07. The second kappa shape index (κ2) is 5.74. The van der Waals surface area contributed by atoms with Gasteiger partial charge in [0, 0.05) is 12.6 Å². The molecule has 100 valence electrons. The van der Waals surface area contributed by atoms with E-state index in [0.717, 1.165) is 25.7 Å². The summed E-state index contributed by atoms with van der Waals surface area (Å²) in [4.78, 5) is 0. The number of hydrogen-bond donors (Lipinski definition) is 1. The van der Waals surface area contributed by atoms with E-state index in [9.17, 15) is 13.2 Å². The van der Waals surface area contributed by atoms with Gasteiger partial charge in [-0.05, 0) is 30.4 Å². The predicted octanol–water partition coefficient (Wildman–Crippen LogP) is 4.00. The van der Waals surface area contributed by atoms with Crippen molar-refractivity contribution in [3.05, 3.63) is 35.4 Å². The highest BCUT2D eigenvalue weighted by Crippen LogP contribution is 2.29. The van der Waals surface area contributed by atoms with Gasteiger partial charge < -0.3 is 5.32 Å². The Balaban J connectivity index is 2.00. The first-order chi connectivity index (χ1) is 8.56. The van der Waals surface area contributed by atoms with Crippen molar-refractivity contribution >= 4 is 0 Å². The SMILES string of the molecule is FC(F)(F)CCNC1CCCCc2ccccc21. The lowest BCUT2D eigenvalue weighted by atomic mass is 9.99. The molecule has 1 aromatic rings. The van der Waals surface area contributed by atoms with E-state index >= 15 is 0 Å². The number of benzene rings is 1. The summed E-state index contributed by atoms with van der Waals surface area (Å²) in [5.74, 6) is 0. The first-order valence-electron chi connectivity index (χ1n) is 6.44. The van der Waals surface area contributed by atoms with Gasteiger partial charge in [0.25, 0.3) is 0 Å². The van der Waals surface area contributed by atoms with Crippen molar-refractivity contribution in [3.63, 3.8) is 0 Å². The number of alkyl halides is 3. The van der Waals surface area contributed by atoms with Crippen molar-refractivity contribution in [1.29, 1.82) is 0 Å². The summed E-state index contributed by atoms with van der Waals surface area (Å²) in [7, 11) is 0. The third-order valence-electron chi connectivity index (χ3n) is 3.42. The van der Waals surface area contributed by atoms with Crippen molar-refractivity contribution in [2.45, 2.75) is 44.3 Å². The first-order valence-corrected chi connectivity index (χ1v) is 6.44. The Morgan fingerprint density at radius 1 is 1.17 bits per heavy atom. The Morgan fingerprint density at radius 2 is 1.94 bits per heavy atom. The van der Waals surface area contributed by atoms with E-state index in [1.165, 1.54) is 11.1 Å². The van der Waals surface area contributed by atoms with Gasteiger partial charge in [0.05, 0.1) is 6.42 Å². The summed E-state index contributed by atoms with van der Waals surface area (Å²) in [5, 5.41) is 3.05. The Morgan fingerprint density at radius 3 is 2.72 bits per heavy atom. The number of rotatable bonds is 3. The zero-order valence-electron chi connectivity index (χ0n) is 10.3. The second-order valence-corrected chi connectivity index (χ2v) is 4.82. The zero-order chi connectivity index (χ0) is 13.0. The van der Waals surface area contributed by atoms with Crippen LogP contribution < -0.4 is 5.32 Å². The molecule has 2 rings (SSSR count). The molecule has 1 unspecified atom stereocenters. The van der Waals surface area contributed by atoms with Crippen molar-refractivity contribution in [3.8, 4) is 0 Å². The molecule has 0 saturated carbocycles. The fraction of sp³-hybridized carbons (Fsp3) is 0.571. The smallest absolute Gasteiger partial charge is 0.310 e. The van der Waals surface area contributed by atoms with Gasteiger partial charge in [0.15, 0.2) is 0 Å². The van der Waals surface area contributed by atoms with Crippen LogP contribution >= 0.6 is 0 Å². The summed E-state index contributed by atoms with van der Waals surface area (Å²) >= 11 is 0. The van der Waals surface area contributed by atoms with Gasteiger partial charge in [-0.2, -0.15) is 13.2 Å². The molecule has 0 aromatic heterocycles. The fourth-order valence-electron chi connectivity index (χ4n) is 2.52. The maximum atomic E-state index is 12.1. The Kier molecular flexibility index (Phi) is 4.27. The van der Waals surface area contributed by atoms with Gasteiger partial charge in [-0.25, -0.2) is 0 Å². The third-order valence-corrected chi connectivity index (χ3v) is 3.42. The molecule has 0 amide bonds. The van der Waals surface area contributed by atoms with E-state index in [2.05, 4.69) is 11.4 Å². The fourth-order valence-corrected chi connectivity index (χ4v) is 2.52. The highest BCUT2D eigenvalue weighted by Gasteiger charge is 2.27. The lowest BCUT2D eigenvalue weighted by Crippen LogP contribution is -2.26. The van der Waals surface area contributed by atoms with Crippen LogP contribution in [0.15, 0.2) is 24.3 Å². The summed E-state index contributed by atoms with van der Waals surface area (Å²) in [6.07, 6.45) is -0.682. The monoisotopic (exact) mass is 257 g/mol. The molecule has 1 N–H and O–H groups in total. The Labute approximate surface area is 105 Å². The van der Waals surface area contributed by atoms with E-state index in [0.29, 0.717) is 0 Å². The van der Waals surface area contributed by atoms with Crippen LogP contribution in [0.4, 0.5) is 13.2 Å². The minimum absolute atomic E-state index is 0.00248. The normalized spacial score (nSPS) is 20.3. The van der Waals surface area contributed by atoms with Crippen molar-refractivity contribution in [2.75, 3.05) is 6.54 Å². The van der Waals surface area contributed by atoms with Crippen LogP contribution in [0.25, 0.3) is 0 Å². The van der Waals surface area contributed by atoms with Gasteiger partial charge in [-0.3, -0.25) is 0 Å². The average molecular weight is 257 g/mol. The van der Waals surface area contributed by atoms with Gasteiger partial charge in [-0.1, -0.05) is 30.7 Å². The maximum Gasteiger partial charge on any atom is 0.390 e. The molecule has 0 bridgehead atoms. The number of aryl methyl sites for hydroxylation is 1. The van der Waals surface area contributed by atoms with Gasteiger partial charge in [0.1, 0.15) is 0 Å². The molecule has 0 aliphatic heterocycles. The Bertz CT molecular complexity index is 387. The van der Waals surface area contributed by atoms with Gasteiger partial charge >= 0.3 is 6.18 Å². The molecule has 1 aromatic carbocycles. The number of halogens is 3. The van der Waals surface area contributed by atoms with Gasteiger partial charge in [0.2, 0.25) is 0 Å². The van der Waals surface area contributed by atoms with Crippen LogP contribution in [0.1, 0.15) is 42.9 Å². The van der Waals surface area contributed by atoms with E-state index < -0.39 is 12.6 Å². The van der Waals surface area contributed by atoms with Crippen molar-refractivity contribution in [2.24, 2.45) is 0 Å². The predicted molar refractivity (Wildman–Crippen MR) is 65.4 cm³/mol. The van der Waals surface area contributed by atoms with E-state index in [1.807, 2.05) is 18.2 Å². The molecular weight excluding hydrogens is 239 g/mol. The van der Waals surface area contributed by atoms with Crippen molar-refractivity contribution in [1.82, 2.24) is 5.32 Å². The number of nitrogens with one attached hydrogen (secondary N) is 1. The van der Waals surface area contributed by atoms with Crippen LogP contribution in [0.2, 0.25) is 0 Å². The summed E-state index contributed by atoms with van der Waals surface area (Å²) in [5.41, 5.74) is 2.46. The maximum absolute atomic E-state index is 12.1. The summed E-state index contributed by atoms with van der Waals surface area (Å²) in [6, 6.07) is 8.15. The van der Waals surface area contributed by atoms with Crippen LogP contribution in [-0.2, 0) is 6.42 Å². The van der Waals surface area contributed by atoms with E-state index in [1.54, 1.807) is 0 Å². The molecule has 1 aliphatic rings. The minimum Gasteiger partial charge on any atom is -0.310 e. The molecule has 0 radical (unpaired) electrons. The number of hydrogen-bond acceptors (Lipinski definition) is 1. The molecule has 0 heterocycles. The summed E-state index contributed by atoms with van der Waals surface area (Å²) < 4.78 is 36.4. The largest absolute Gasteiger partial charge is 0.390 e.